The van der Waals surface area contributed by atoms with E-state index in [2.05, 4.69) is 176 Å². The first-order valence-corrected chi connectivity index (χ1v) is 24.0. The Morgan fingerprint density at radius 3 is 1.37 bits per heavy atom. The molecule has 0 N–H and O–H groups in total. The summed E-state index contributed by atoms with van der Waals surface area (Å²) < 4.78 is 2.61. The van der Waals surface area contributed by atoms with E-state index in [4.69, 9.17) is 15.0 Å². The van der Waals surface area contributed by atoms with E-state index in [0.29, 0.717) is 17.5 Å². The molecular weight excluding hydrogens is 843 g/mol. The fourth-order valence-electron chi connectivity index (χ4n) is 11.1. The highest BCUT2D eigenvalue weighted by atomic mass is 32.1. The molecule has 2 aliphatic carbocycles. The number of hydrogen-bond donors (Lipinski definition) is 0. The molecule has 10 aromatic carbocycles. The van der Waals surface area contributed by atoms with Crippen LogP contribution in [0.3, 0.4) is 0 Å². The van der Waals surface area contributed by atoms with Crippen molar-refractivity contribution in [1.82, 2.24) is 15.0 Å². The minimum Gasteiger partial charge on any atom is -0.208 e. The normalized spacial score (nSPS) is 12.8. The average molecular weight is 882 g/mol. The first-order chi connectivity index (χ1) is 33.7. The zero-order valence-electron chi connectivity index (χ0n) is 36.8. The van der Waals surface area contributed by atoms with Crippen LogP contribution in [0.15, 0.2) is 237 Å². The fraction of sp³-hybridized carbons (Fsp3) is 0.0156. The quantitative estimate of drug-likeness (QED) is 0.167. The van der Waals surface area contributed by atoms with Gasteiger partial charge in [-0.05, 0) is 108 Å². The molecule has 0 unspecified atom stereocenters. The molecule has 1 spiro atoms. The van der Waals surface area contributed by atoms with E-state index >= 15 is 0 Å². The Morgan fingerprint density at radius 1 is 0.250 bits per heavy atom. The van der Waals surface area contributed by atoms with Crippen LogP contribution in [0, 0.1) is 0 Å². The van der Waals surface area contributed by atoms with E-state index in [9.17, 15) is 0 Å². The molecule has 0 aliphatic heterocycles. The third-order valence-electron chi connectivity index (χ3n) is 14.2. The third-order valence-corrected chi connectivity index (χ3v) is 15.3. The van der Waals surface area contributed by atoms with Crippen molar-refractivity contribution in [1.29, 1.82) is 0 Å². The topological polar surface area (TPSA) is 38.7 Å². The van der Waals surface area contributed by atoms with Gasteiger partial charge in [0, 0.05) is 36.9 Å². The molecule has 0 fully saturated rings. The number of hydrogen-bond acceptors (Lipinski definition) is 4. The van der Waals surface area contributed by atoms with Gasteiger partial charge in [0.1, 0.15) is 0 Å². The first-order valence-electron chi connectivity index (χ1n) is 23.2. The minimum absolute atomic E-state index is 0.446. The summed E-state index contributed by atoms with van der Waals surface area (Å²) in [6.07, 6.45) is 0. The third kappa shape index (κ3) is 5.88. The number of aromatic nitrogens is 3. The maximum Gasteiger partial charge on any atom is 0.164 e. The van der Waals surface area contributed by atoms with Crippen molar-refractivity contribution in [2.75, 3.05) is 0 Å². The summed E-state index contributed by atoms with van der Waals surface area (Å²) in [7, 11) is 0. The van der Waals surface area contributed by atoms with Crippen molar-refractivity contribution in [3.05, 3.63) is 259 Å². The first kappa shape index (κ1) is 38.7. The fourth-order valence-corrected chi connectivity index (χ4v) is 12.3. The van der Waals surface area contributed by atoms with Gasteiger partial charge in [0.25, 0.3) is 0 Å². The summed E-state index contributed by atoms with van der Waals surface area (Å²) in [5, 5.41) is 2.61. The Labute approximate surface area is 398 Å². The predicted octanol–water partition coefficient (Wildman–Crippen LogP) is 16.6. The van der Waals surface area contributed by atoms with Crippen LogP contribution in [0.4, 0.5) is 0 Å². The molecule has 2 aliphatic rings. The minimum atomic E-state index is -0.446. The van der Waals surface area contributed by atoms with Crippen LogP contribution >= 0.6 is 11.3 Å². The van der Waals surface area contributed by atoms with Gasteiger partial charge in [0.05, 0.1) is 5.41 Å². The van der Waals surface area contributed by atoms with E-state index in [0.717, 1.165) is 27.8 Å². The predicted molar refractivity (Wildman–Crippen MR) is 282 cm³/mol. The lowest BCUT2D eigenvalue weighted by Gasteiger charge is -2.31. The molecule has 0 saturated heterocycles. The Hall–Kier alpha value is -8.57. The van der Waals surface area contributed by atoms with Gasteiger partial charge in [-0.3, -0.25) is 0 Å². The molecule has 68 heavy (non-hydrogen) atoms. The van der Waals surface area contributed by atoms with Crippen LogP contribution in [0.2, 0.25) is 0 Å². The second-order valence-electron chi connectivity index (χ2n) is 17.8. The van der Waals surface area contributed by atoms with E-state index in [1.165, 1.54) is 86.9 Å². The number of benzene rings is 10. The zero-order valence-corrected chi connectivity index (χ0v) is 37.6. The Kier molecular flexibility index (Phi) is 8.67. The molecule has 14 rings (SSSR count). The van der Waals surface area contributed by atoms with Crippen molar-refractivity contribution in [2.45, 2.75) is 5.41 Å². The lowest BCUT2D eigenvalue weighted by Crippen LogP contribution is -2.25. The summed E-state index contributed by atoms with van der Waals surface area (Å²) in [5.74, 6) is 1.94. The van der Waals surface area contributed by atoms with Crippen LogP contribution in [0.25, 0.3) is 110 Å². The molecule has 2 aromatic heterocycles. The van der Waals surface area contributed by atoms with Gasteiger partial charge in [-0.1, -0.05) is 206 Å². The summed E-state index contributed by atoms with van der Waals surface area (Å²) in [4.78, 5) is 15.0. The van der Waals surface area contributed by atoms with Gasteiger partial charge in [-0.2, -0.15) is 0 Å². The highest BCUT2D eigenvalue weighted by Gasteiger charge is 2.51. The van der Waals surface area contributed by atoms with Gasteiger partial charge in [-0.15, -0.1) is 11.3 Å². The SMILES string of the molecule is c1ccc(-c2nc(-c3ccccc3)nc(-c3cccc(-c4ccc(-c5cc6c(cc5-c5ccc7c(c5)sc5ccccc57)-c5ccccc5C65c6ccccc6-c6ccccc65)cc4)c3)n2)cc1. The van der Waals surface area contributed by atoms with Crippen LogP contribution in [0.5, 0.6) is 0 Å². The number of nitrogens with zero attached hydrogens (tertiary/aromatic N) is 3. The standard InChI is InChI=1S/C64H39N3S/c1-3-16-42(17-4-1)61-65-62(43-18-5-2-6-19-43)67-63(66-61)46-21-15-20-44(36-46)40-30-32-41(33-31-40)53-39-58-54(38-52(53)45-34-35-51-50-25-10-14-29-59(50)68-60(51)37-45)49-24-9-13-28-57(49)64(58)55-26-11-7-22-47(55)48-23-8-12-27-56(48)64/h1-39H. The van der Waals surface area contributed by atoms with E-state index < -0.39 is 5.41 Å². The smallest absolute Gasteiger partial charge is 0.164 e. The van der Waals surface area contributed by atoms with Gasteiger partial charge in [0.2, 0.25) is 0 Å². The Balaban J connectivity index is 0.936. The van der Waals surface area contributed by atoms with Gasteiger partial charge < -0.3 is 0 Å². The maximum absolute atomic E-state index is 5.04. The average Bonchev–Trinajstić information content (AvgIpc) is 4.04. The molecule has 316 valence electrons. The van der Waals surface area contributed by atoms with E-state index in [1.54, 1.807) is 0 Å². The second-order valence-corrected chi connectivity index (χ2v) is 18.9. The molecule has 3 nitrogen and oxygen atoms in total. The highest BCUT2D eigenvalue weighted by molar-refractivity contribution is 7.25. The van der Waals surface area contributed by atoms with Crippen LogP contribution in [0.1, 0.15) is 22.3 Å². The molecule has 12 aromatic rings. The van der Waals surface area contributed by atoms with Crippen molar-refractivity contribution >= 4 is 31.5 Å². The molecular formula is C64H39N3S. The monoisotopic (exact) mass is 881 g/mol. The van der Waals surface area contributed by atoms with E-state index in [1.807, 2.05) is 72.0 Å². The van der Waals surface area contributed by atoms with Gasteiger partial charge >= 0.3 is 0 Å². The lowest BCUT2D eigenvalue weighted by atomic mass is 9.70. The zero-order chi connectivity index (χ0) is 44.8. The lowest BCUT2D eigenvalue weighted by molar-refractivity contribution is 0.794. The van der Waals surface area contributed by atoms with Crippen LogP contribution in [-0.2, 0) is 5.41 Å². The molecule has 4 heteroatoms. The summed E-state index contributed by atoms with van der Waals surface area (Å²) >= 11 is 1.87. The van der Waals surface area contributed by atoms with Crippen molar-refractivity contribution in [2.24, 2.45) is 0 Å². The van der Waals surface area contributed by atoms with Crippen LogP contribution in [-0.4, -0.2) is 15.0 Å². The highest BCUT2D eigenvalue weighted by Crippen LogP contribution is 2.63. The summed E-state index contributed by atoms with van der Waals surface area (Å²) in [5.41, 5.74) is 20.0. The molecule has 0 saturated carbocycles. The number of fused-ring (bicyclic) bond motifs is 13. The van der Waals surface area contributed by atoms with Crippen molar-refractivity contribution in [3.8, 4) is 89.8 Å². The van der Waals surface area contributed by atoms with Crippen LogP contribution < -0.4 is 0 Å². The van der Waals surface area contributed by atoms with Gasteiger partial charge in [0.15, 0.2) is 17.5 Å². The summed E-state index contributed by atoms with van der Waals surface area (Å²) in [6.45, 7) is 0. The summed E-state index contributed by atoms with van der Waals surface area (Å²) in [6, 6.07) is 86.1. The van der Waals surface area contributed by atoms with Crippen molar-refractivity contribution < 1.29 is 0 Å². The largest absolute Gasteiger partial charge is 0.208 e. The molecule has 2 heterocycles. The number of rotatable bonds is 6. The molecule has 0 atom stereocenters. The maximum atomic E-state index is 5.04. The second kappa shape index (κ2) is 15.2. The van der Waals surface area contributed by atoms with Crippen molar-refractivity contribution in [3.63, 3.8) is 0 Å². The molecule has 0 bridgehead atoms. The molecule has 0 radical (unpaired) electrons. The van der Waals surface area contributed by atoms with E-state index in [-0.39, 0.29) is 0 Å². The Bertz CT molecular complexity index is 3860. The number of thiophene rings is 1. The Morgan fingerprint density at radius 2 is 0.721 bits per heavy atom. The van der Waals surface area contributed by atoms with Gasteiger partial charge in [-0.25, -0.2) is 15.0 Å². The molecule has 0 amide bonds.